The summed E-state index contributed by atoms with van der Waals surface area (Å²) in [5.74, 6) is -0.431. The summed E-state index contributed by atoms with van der Waals surface area (Å²) in [5, 5.41) is 2.91. The van der Waals surface area contributed by atoms with Gasteiger partial charge in [-0.05, 0) is 44.9 Å². The number of hydrogen-bond donors (Lipinski definition) is 2. The molecule has 0 unspecified atom stereocenters. The number of nitrogens with one attached hydrogen (secondary N) is 2. The SMILES string of the molecule is CC(C)NS(=O)(=O)c1cc(C(=O)N2CCC(C(=O)Nc3ccccc3)CC2)n(C)c1. The molecule has 9 heteroatoms. The van der Waals surface area contributed by atoms with Crippen molar-refractivity contribution in [2.75, 3.05) is 18.4 Å². The predicted molar refractivity (Wildman–Crippen MR) is 115 cm³/mol. The molecule has 0 bridgehead atoms. The number of rotatable bonds is 6. The van der Waals surface area contributed by atoms with Crippen molar-refractivity contribution in [3.63, 3.8) is 0 Å². The summed E-state index contributed by atoms with van der Waals surface area (Å²) in [7, 11) is -2.02. The minimum Gasteiger partial charge on any atom is -0.345 e. The average molecular weight is 433 g/mol. The third-order valence-corrected chi connectivity index (χ3v) is 6.72. The topological polar surface area (TPSA) is 101 Å². The first-order chi connectivity index (χ1) is 14.2. The summed E-state index contributed by atoms with van der Waals surface area (Å²) >= 11 is 0. The first-order valence-electron chi connectivity index (χ1n) is 10.0. The molecule has 1 aliphatic rings. The van der Waals surface area contributed by atoms with Gasteiger partial charge in [0.1, 0.15) is 10.6 Å². The van der Waals surface area contributed by atoms with Gasteiger partial charge in [0.2, 0.25) is 15.9 Å². The van der Waals surface area contributed by atoms with Gasteiger partial charge in [-0.3, -0.25) is 9.59 Å². The number of nitrogens with zero attached hydrogens (tertiary/aromatic N) is 2. The zero-order chi connectivity index (χ0) is 21.9. The number of para-hydroxylation sites is 1. The monoisotopic (exact) mass is 432 g/mol. The van der Waals surface area contributed by atoms with Gasteiger partial charge in [-0.1, -0.05) is 18.2 Å². The zero-order valence-electron chi connectivity index (χ0n) is 17.5. The third kappa shape index (κ3) is 5.09. The Morgan fingerprint density at radius 2 is 1.73 bits per heavy atom. The largest absolute Gasteiger partial charge is 0.345 e. The van der Waals surface area contributed by atoms with Crippen LogP contribution in [0.4, 0.5) is 5.69 Å². The molecule has 1 aliphatic heterocycles. The van der Waals surface area contributed by atoms with Gasteiger partial charge in [0.25, 0.3) is 5.91 Å². The molecule has 1 aromatic carbocycles. The lowest BCUT2D eigenvalue weighted by molar-refractivity contribution is -0.121. The standard InChI is InChI=1S/C21H28N4O4S/c1-15(2)23-30(28,29)18-13-19(24(3)14-18)21(27)25-11-9-16(10-12-25)20(26)22-17-7-5-4-6-8-17/h4-8,13-16,23H,9-12H2,1-3H3,(H,22,26). The molecule has 0 atom stereocenters. The Balaban J connectivity index is 1.62. The number of sulfonamides is 1. The lowest BCUT2D eigenvalue weighted by Gasteiger charge is -2.31. The van der Waals surface area contributed by atoms with Crippen LogP contribution in [0.2, 0.25) is 0 Å². The summed E-state index contributed by atoms with van der Waals surface area (Å²) in [6, 6.07) is 10.5. The Morgan fingerprint density at radius 3 is 2.33 bits per heavy atom. The normalized spacial score (nSPS) is 15.4. The summed E-state index contributed by atoms with van der Waals surface area (Å²) in [6.45, 7) is 4.38. The smallest absolute Gasteiger partial charge is 0.270 e. The number of aryl methyl sites for hydroxylation is 1. The van der Waals surface area contributed by atoms with Crippen molar-refractivity contribution in [1.29, 1.82) is 0 Å². The Hall–Kier alpha value is -2.65. The highest BCUT2D eigenvalue weighted by Gasteiger charge is 2.30. The second-order valence-corrected chi connectivity index (χ2v) is 9.58. The fourth-order valence-corrected chi connectivity index (χ4v) is 4.87. The highest BCUT2D eigenvalue weighted by Crippen LogP contribution is 2.22. The van der Waals surface area contributed by atoms with Gasteiger partial charge in [-0.2, -0.15) is 0 Å². The molecule has 0 aliphatic carbocycles. The molecule has 0 radical (unpaired) electrons. The average Bonchev–Trinajstić information content (AvgIpc) is 3.10. The minimum absolute atomic E-state index is 0.0414. The summed E-state index contributed by atoms with van der Waals surface area (Å²) in [4.78, 5) is 27.2. The molecule has 8 nitrogen and oxygen atoms in total. The molecule has 3 rings (SSSR count). The molecule has 1 saturated heterocycles. The van der Waals surface area contributed by atoms with E-state index in [-0.39, 0.29) is 28.7 Å². The van der Waals surface area contributed by atoms with Crippen molar-refractivity contribution in [2.24, 2.45) is 13.0 Å². The minimum atomic E-state index is -3.67. The Bertz CT molecular complexity index is 1010. The van der Waals surface area contributed by atoms with Crippen LogP contribution >= 0.6 is 0 Å². The van der Waals surface area contributed by atoms with Crippen LogP contribution in [0.15, 0.2) is 47.5 Å². The van der Waals surface area contributed by atoms with E-state index in [9.17, 15) is 18.0 Å². The van der Waals surface area contributed by atoms with E-state index in [4.69, 9.17) is 0 Å². The first-order valence-corrected chi connectivity index (χ1v) is 11.5. The van der Waals surface area contributed by atoms with Crippen LogP contribution in [-0.2, 0) is 21.9 Å². The number of aromatic nitrogens is 1. The molecule has 2 heterocycles. The van der Waals surface area contributed by atoms with Crippen LogP contribution < -0.4 is 10.0 Å². The van der Waals surface area contributed by atoms with Gasteiger partial charge in [0.15, 0.2) is 0 Å². The molecule has 162 valence electrons. The van der Waals surface area contributed by atoms with E-state index < -0.39 is 10.0 Å². The van der Waals surface area contributed by atoms with Crippen molar-refractivity contribution < 1.29 is 18.0 Å². The lowest BCUT2D eigenvalue weighted by atomic mass is 9.95. The van der Waals surface area contributed by atoms with Gasteiger partial charge < -0.3 is 14.8 Å². The van der Waals surface area contributed by atoms with E-state index in [1.165, 1.54) is 16.8 Å². The zero-order valence-corrected chi connectivity index (χ0v) is 18.3. The van der Waals surface area contributed by atoms with Crippen LogP contribution in [0.5, 0.6) is 0 Å². The number of hydrogen-bond acceptors (Lipinski definition) is 4. The molecule has 0 spiro atoms. The maximum Gasteiger partial charge on any atom is 0.270 e. The quantitative estimate of drug-likeness (QED) is 0.731. The number of carbonyl (C=O) groups is 2. The van der Waals surface area contributed by atoms with Gasteiger partial charge in [-0.25, -0.2) is 13.1 Å². The number of piperidine rings is 1. The number of anilines is 1. The Morgan fingerprint density at radius 1 is 1.10 bits per heavy atom. The van der Waals surface area contributed by atoms with Crippen LogP contribution in [0.25, 0.3) is 0 Å². The van der Waals surface area contributed by atoms with E-state index in [2.05, 4.69) is 10.0 Å². The number of carbonyl (C=O) groups excluding carboxylic acids is 2. The highest BCUT2D eigenvalue weighted by molar-refractivity contribution is 7.89. The first kappa shape index (κ1) is 22.0. The number of amides is 2. The highest BCUT2D eigenvalue weighted by atomic mass is 32.2. The van der Waals surface area contributed by atoms with E-state index >= 15 is 0 Å². The summed E-state index contributed by atoms with van der Waals surface area (Å²) in [5.41, 5.74) is 1.07. The number of benzene rings is 1. The molecular formula is C21H28N4O4S. The predicted octanol–water partition coefficient (Wildman–Crippen LogP) is 2.20. The van der Waals surface area contributed by atoms with Crippen molar-refractivity contribution in [1.82, 2.24) is 14.2 Å². The molecular weight excluding hydrogens is 404 g/mol. The van der Waals surface area contributed by atoms with Crippen molar-refractivity contribution in [2.45, 2.75) is 37.6 Å². The van der Waals surface area contributed by atoms with E-state index in [0.717, 1.165) is 5.69 Å². The van der Waals surface area contributed by atoms with Crippen LogP contribution in [-0.4, -0.2) is 48.8 Å². The van der Waals surface area contributed by atoms with Gasteiger partial charge in [0.05, 0.1) is 0 Å². The van der Waals surface area contributed by atoms with Crippen LogP contribution in [0, 0.1) is 5.92 Å². The fraction of sp³-hybridized carbons (Fsp3) is 0.429. The molecule has 1 aromatic heterocycles. The van der Waals surface area contributed by atoms with Crippen molar-refractivity contribution >= 4 is 27.5 Å². The van der Waals surface area contributed by atoms with Gasteiger partial charge in [0, 0.05) is 44.0 Å². The molecule has 1 fully saturated rings. The van der Waals surface area contributed by atoms with E-state index in [1.54, 1.807) is 25.8 Å². The number of likely N-dealkylation sites (tertiary alicyclic amines) is 1. The Kier molecular flexibility index (Phi) is 6.62. The summed E-state index contributed by atoms with van der Waals surface area (Å²) < 4.78 is 28.8. The molecule has 0 saturated carbocycles. The van der Waals surface area contributed by atoms with Gasteiger partial charge in [-0.15, -0.1) is 0 Å². The second kappa shape index (κ2) is 9.01. The lowest BCUT2D eigenvalue weighted by Crippen LogP contribution is -2.42. The van der Waals surface area contributed by atoms with Crippen molar-refractivity contribution in [3.8, 4) is 0 Å². The molecule has 2 N–H and O–H groups in total. The van der Waals surface area contributed by atoms with Gasteiger partial charge >= 0.3 is 0 Å². The van der Waals surface area contributed by atoms with E-state index in [0.29, 0.717) is 31.6 Å². The van der Waals surface area contributed by atoms with Crippen LogP contribution in [0.1, 0.15) is 37.2 Å². The fourth-order valence-electron chi connectivity index (χ4n) is 3.54. The second-order valence-electron chi connectivity index (χ2n) is 7.87. The third-order valence-electron chi connectivity index (χ3n) is 5.09. The Labute approximate surface area is 177 Å². The van der Waals surface area contributed by atoms with E-state index in [1.807, 2.05) is 30.3 Å². The maximum atomic E-state index is 12.9. The molecule has 30 heavy (non-hydrogen) atoms. The summed E-state index contributed by atoms with van der Waals surface area (Å²) in [6.07, 6.45) is 2.57. The van der Waals surface area contributed by atoms with Crippen LogP contribution in [0.3, 0.4) is 0 Å². The molecule has 2 amide bonds. The maximum absolute atomic E-state index is 12.9. The van der Waals surface area contributed by atoms with Crippen molar-refractivity contribution in [3.05, 3.63) is 48.3 Å². The molecule has 2 aromatic rings.